The molecule has 8 nitrogen and oxygen atoms in total. The molecule has 0 spiro atoms. The quantitative estimate of drug-likeness (QED) is 0.529. The van der Waals surface area contributed by atoms with Crippen LogP contribution in [0.2, 0.25) is 0 Å². The normalized spacial score (nSPS) is 16.1. The first-order valence-electron chi connectivity index (χ1n) is 12.2. The predicted molar refractivity (Wildman–Crippen MR) is 141 cm³/mol. The fourth-order valence-electron chi connectivity index (χ4n) is 5.12. The van der Waals surface area contributed by atoms with Crippen molar-refractivity contribution in [3.63, 3.8) is 0 Å². The van der Waals surface area contributed by atoms with Gasteiger partial charge in [0.1, 0.15) is 0 Å². The monoisotopic (exact) mass is 517 g/mol. The summed E-state index contributed by atoms with van der Waals surface area (Å²) in [7, 11) is 5.36. The van der Waals surface area contributed by atoms with Crippen LogP contribution in [0.5, 0.6) is 11.5 Å². The average Bonchev–Trinajstić information content (AvgIpc) is 3.06. The fraction of sp³-hybridized carbons (Fsp3) is 0.481. The molecule has 1 atom stereocenters. The van der Waals surface area contributed by atoms with Crippen LogP contribution in [0.1, 0.15) is 40.2 Å². The lowest BCUT2D eigenvalue weighted by Gasteiger charge is -2.34. The number of hydrogen-bond donors (Lipinski definition) is 2. The number of likely N-dealkylation sites (N-methyl/N-ethyl adjacent to an activating group) is 1. The van der Waals surface area contributed by atoms with Gasteiger partial charge in [-0.05, 0) is 66.3 Å². The van der Waals surface area contributed by atoms with Gasteiger partial charge in [-0.25, -0.2) is 4.79 Å². The summed E-state index contributed by atoms with van der Waals surface area (Å²) in [5.74, 6) is 2.08. The first kappa shape index (κ1) is 27.6. The van der Waals surface area contributed by atoms with E-state index in [9.17, 15) is 9.59 Å². The van der Waals surface area contributed by atoms with Crippen molar-refractivity contribution >= 4 is 24.4 Å². The van der Waals surface area contributed by atoms with Gasteiger partial charge in [-0.15, -0.1) is 12.4 Å². The van der Waals surface area contributed by atoms with Crippen molar-refractivity contribution in [2.45, 2.75) is 38.1 Å². The topological polar surface area (TPSA) is 91.3 Å². The largest absolute Gasteiger partial charge is 0.493 e. The summed E-state index contributed by atoms with van der Waals surface area (Å²) in [5, 5.41) is 11.3. The maximum absolute atomic E-state index is 13.0. The fourth-order valence-corrected chi connectivity index (χ4v) is 5.12. The molecule has 4 rings (SSSR count). The van der Waals surface area contributed by atoms with Crippen molar-refractivity contribution in [3.8, 4) is 11.5 Å². The molecule has 0 aromatic heterocycles. The van der Waals surface area contributed by atoms with Crippen molar-refractivity contribution < 1.29 is 24.2 Å². The number of rotatable bonds is 9. The molecule has 2 aromatic carbocycles. The van der Waals surface area contributed by atoms with E-state index < -0.39 is 6.09 Å². The SMILES string of the molecule is COc1cc2c(cc1OC)CCN(C(=O)CCN(C)CC1Cc3ccc(CNC(=O)O)cc31)CC2.Cl. The van der Waals surface area contributed by atoms with E-state index in [1.165, 1.54) is 22.3 Å². The minimum atomic E-state index is -1.01. The van der Waals surface area contributed by atoms with Gasteiger partial charge < -0.3 is 29.7 Å². The maximum Gasteiger partial charge on any atom is 0.404 e. The molecule has 9 heteroatoms. The molecule has 1 aliphatic carbocycles. The molecule has 196 valence electrons. The third kappa shape index (κ3) is 6.42. The summed E-state index contributed by atoms with van der Waals surface area (Å²) < 4.78 is 10.9. The average molecular weight is 518 g/mol. The number of carboxylic acid groups (broad SMARTS) is 1. The van der Waals surface area contributed by atoms with E-state index >= 15 is 0 Å². The minimum absolute atomic E-state index is 0. The Morgan fingerprint density at radius 2 is 1.69 bits per heavy atom. The Kier molecular flexibility index (Phi) is 9.45. The summed E-state index contributed by atoms with van der Waals surface area (Å²) in [6, 6.07) is 10.3. The molecule has 36 heavy (non-hydrogen) atoms. The number of carbonyl (C=O) groups excluding carboxylic acids is 1. The highest BCUT2D eigenvalue weighted by Crippen LogP contribution is 2.36. The third-order valence-corrected chi connectivity index (χ3v) is 7.16. The van der Waals surface area contributed by atoms with E-state index in [1.54, 1.807) is 14.2 Å². The Hall–Kier alpha value is -2.97. The number of benzene rings is 2. The van der Waals surface area contributed by atoms with Crippen LogP contribution in [0, 0.1) is 0 Å². The van der Waals surface area contributed by atoms with Crippen molar-refractivity contribution in [1.29, 1.82) is 0 Å². The summed E-state index contributed by atoms with van der Waals surface area (Å²) >= 11 is 0. The molecule has 1 heterocycles. The van der Waals surface area contributed by atoms with Gasteiger partial charge in [0.05, 0.1) is 14.2 Å². The Morgan fingerprint density at radius 1 is 1.06 bits per heavy atom. The van der Waals surface area contributed by atoms with Crippen LogP contribution in [0.15, 0.2) is 30.3 Å². The number of hydrogen-bond acceptors (Lipinski definition) is 5. The van der Waals surface area contributed by atoms with E-state index in [0.29, 0.717) is 32.0 Å². The molecule has 2 aliphatic rings. The van der Waals surface area contributed by atoms with Crippen molar-refractivity contribution in [1.82, 2.24) is 15.1 Å². The lowest BCUT2D eigenvalue weighted by atomic mass is 9.76. The number of nitrogens with one attached hydrogen (secondary N) is 1. The maximum atomic E-state index is 13.0. The summed E-state index contributed by atoms with van der Waals surface area (Å²) in [4.78, 5) is 28.0. The molecular weight excluding hydrogens is 482 g/mol. The highest BCUT2D eigenvalue weighted by molar-refractivity contribution is 5.85. The van der Waals surface area contributed by atoms with Gasteiger partial charge in [0.25, 0.3) is 0 Å². The molecule has 2 aromatic rings. The number of methoxy groups -OCH3 is 2. The van der Waals surface area contributed by atoms with Crippen molar-refractivity contribution in [3.05, 3.63) is 58.1 Å². The molecule has 2 N–H and O–H groups in total. The second-order valence-electron chi connectivity index (χ2n) is 9.46. The Balaban J connectivity index is 0.00000361. The molecular formula is C27H36ClN3O5. The van der Waals surface area contributed by atoms with Gasteiger partial charge in [0.15, 0.2) is 11.5 Å². The number of halogens is 1. The van der Waals surface area contributed by atoms with Crippen LogP contribution in [-0.2, 0) is 30.6 Å². The van der Waals surface area contributed by atoms with Gasteiger partial charge in [0.2, 0.25) is 5.91 Å². The second-order valence-corrected chi connectivity index (χ2v) is 9.46. The van der Waals surface area contributed by atoms with Crippen LogP contribution >= 0.6 is 12.4 Å². The van der Waals surface area contributed by atoms with Crippen LogP contribution in [-0.4, -0.2) is 74.4 Å². The zero-order chi connectivity index (χ0) is 24.9. The summed E-state index contributed by atoms with van der Waals surface area (Å²) in [6.07, 6.45) is 2.14. The molecule has 2 amide bonds. The highest BCUT2D eigenvalue weighted by Gasteiger charge is 2.28. The van der Waals surface area contributed by atoms with Crippen molar-refractivity contribution in [2.75, 3.05) is 47.4 Å². The Labute approximate surface area is 219 Å². The van der Waals surface area contributed by atoms with Crippen LogP contribution in [0.25, 0.3) is 0 Å². The number of ether oxygens (including phenoxy) is 2. The molecule has 0 saturated heterocycles. The van der Waals surface area contributed by atoms with Gasteiger partial charge in [-0.3, -0.25) is 4.79 Å². The molecule has 1 aliphatic heterocycles. The standard InChI is InChI=1S/C27H35N3O5.ClH/c1-29(17-22-13-21-5-4-18(12-23(21)22)16-28-27(32)33)9-8-26(31)30-10-6-19-14-24(34-2)25(35-3)15-20(19)7-11-30;/h4-5,12,14-15,22,28H,6-11,13,16-17H2,1-3H3,(H,32,33);1H. The van der Waals surface area contributed by atoms with Gasteiger partial charge >= 0.3 is 6.09 Å². The Bertz CT molecular complexity index is 1060. The van der Waals surface area contributed by atoms with Crippen LogP contribution in [0.4, 0.5) is 4.79 Å². The zero-order valence-electron chi connectivity index (χ0n) is 21.2. The lowest BCUT2D eigenvalue weighted by molar-refractivity contribution is -0.131. The van der Waals surface area contributed by atoms with Gasteiger partial charge in [0, 0.05) is 45.1 Å². The molecule has 0 saturated carbocycles. The first-order valence-corrected chi connectivity index (χ1v) is 12.2. The van der Waals surface area contributed by atoms with E-state index in [4.69, 9.17) is 14.6 Å². The second kappa shape index (κ2) is 12.3. The lowest BCUT2D eigenvalue weighted by Crippen LogP contribution is -2.37. The van der Waals surface area contributed by atoms with Crippen molar-refractivity contribution in [2.24, 2.45) is 0 Å². The number of carbonyl (C=O) groups is 2. The van der Waals surface area contributed by atoms with E-state index in [2.05, 4.69) is 29.4 Å². The van der Waals surface area contributed by atoms with Crippen LogP contribution < -0.4 is 14.8 Å². The van der Waals surface area contributed by atoms with E-state index in [-0.39, 0.29) is 18.3 Å². The molecule has 0 fully saturated rings. The van der Waals surface area contributed by atoms with E-state index in [1.807, 2.05) is 23.1 Å². The Morgan fingerprint density at radius 3 is 2.28 bits per heavy atom. The third-order valence-electron chi connectivity index (χ3n) is 7.16. The molecule has 0 radical (unpaired) electrons. The zero-order valence-corrected chi connectivity index (χ0v) is 22.0. The highest BCUT2D eigenvalue weighted by atomic mass is 35.5. The summed E-state index contributed by atoms with van der Waals surface area (Å²) in [6.45, 7) is 3.36. The number of amides is 2. The van der Waals surface area contributed by atoms with Crippen LogP contribution in [0.3, 0.4) is 0 Å². The molecule has 1 unspecified atom stereocenters. The predicted octanol–water partition coefficient (Wildman–Crippen LogP) is 3.48. The molecule has 0 bridgehead atoms. The van der Waals surface area contributed by atoms with Gasteiger partial charge in [-0.1, -0.05) is 18.2 Å². The number of nitrogens with zero attached hydrogens (tertiary/aromatic N) is 2. The number of fused-ring (bicyclic) bond motifs is 2. The van der Waals surface area contributed by atoms with Gasteiger partial charge in [-0.2, -0.15) is 0 Å². The first-order chi connectivity index (χ1) is 16.9. The van der Waals surface area contributed by atoms with E-state index in [0.717, 1.165) is 49.4 Å². The smallest absolute Gasteiger partial charge is 0.404 e. The minimum Gasteiger partial charge on any atom is -0.493 e. The summed E-state index contributed by atoms with van der Waals surface area (Å²) in [5.41, 5.74) is 6.04.